The lowest BCUT2D eigenvalue weighted by atomic mass is 10.3. The van der Waals surface area contributed by atoms with Gasteiger partial charge in [0, 0.05) is 0 Å². The number of carboxylic acid groups (broad SMARTS) is 1. The van der Waals surface area contributed by atoms with E-state index in [1.807, 2.05) is 0 Å². The largest absolute Gasteiger partial charge is 0.476 e. The highest BCUT2D eigenvalue weighted by Crippen LogP contribution is 2.10. The molecule has 8 nitrogen and oxygen atoms in total. The molecule has 0 aliphatic carbocycles. The first kappa shape index (κ1) is 11.0. The van der Waals surface area contributed by atoms with E-state index >= 15 is 0 Å². The Morgan fingerprint density at radius 1 is 1.24 bits per heavy atom. The minimum atomic E-state index is -1.18. The molecular weight excluding hydrogens is 228 g/mol. The molecule has 2 amide bonds. The summed E-state index contributed by atoms with van der Waals surface area (Å²) < 4.78 is 0. The molecule has 8 heteroatoms. The van der Waals surface area contributed by atoms with Crippen molar-refractivity contribution in [1.82, 2.24) is 15.5 Å². The number of imide groups is 1. The van der Waals surface area contributed by atoms with Crippen LogP contribution in [-0.2, 0) is 9.59 Å². The number of aromatic carboxylic acids is 1. The minimum Gasteiger partial charge on any atom is -0.476 e. The Kier molecular flexibility index (Phi) is 2.69. The maximum atomic E-state index is 11.1. The van der Waals surface area contributed by atoms with E-state index in [1.165, 1.54) is 17.0 Å². The number of carbonyl (C=O) groups excluding carboxylic acids is 2. The second-order valence-corrected chi connectivity index (χ2v) is 3.41. The number of amides is 2. The van der Waals surface area contributed by atoms with Crippen LogP contribution in [0.1, 0.15) is 10.5 Å². The van der Waals surface area contributed by atoms with Crippen LogP contribution in [0.25, 0.3) is 0 Å². The van der Waals surface area contributed by atoms with Crippen LogP contribution in [0, 0.1) is 0 Å². The first-order valence-corrected chi connectivity index (χ1v) is 4.71. The first-order valence-electron chi connectivity index (χ1n) is 4.71. The van der Waals surface area contributed by atoms with Crippen molar-refractivity contribution >= 4 is 23.6 Å². The van der Waals surface area contributed by atoms with Gasteiger partial charge in [-0.1, -0.05) is 0 Å². The molecule has 17 heavy (non-hydrogen) atoms. The third kappa shape index (κ3) is 2.36. The topological polar surface area (TPSA) is 112 Å². The van der Waals surface area contributed by atoms with Crippen molar-refractivity contribution in [2.45, 2.75) is 0 Å². The summed E-state index contributed by atoms with van der Waals surface area (Å²) in [4.78, 5) is 34.2. The first-order chi connectivity index (χ1) is 8.06. The van der Waals surface area contributed by atoms with Gasteiger partial charge in [-0.05, 0) is 12.1 Å². The van der Waals surface area contributed by atoms with Crippen LogP contribution in [-0.4, -0.2) is 46.2 Å². The lowest BCUT2D eigenvalue weighted by molar-refractivity contribution is -0.130. The smallest absolute Gasteiger partial charge is 0.356 e. The third-order valence-corrected chi connectivity index (χ3v) is 2.14. The number of hydrogen-bond donors (Lipinski definition) is 2. The van der Waals surface area contributed by atoms with Gasteiger partial charge in [-0.15, -0.1) is 10.2 Å². The summed E-state index contributed by atoms with van der Waals surface area (Å²) in [7, 11) is 0. The SMILES string of the molecule is O=C1CN(c2ccc(C(=O)O)nn2)CC(=O)N1. The molecule has 1 aliphatic heterocycles. The Labute approximate surface area is 95.2 Å². The molecule has 2 rings (SSSR count). The van der Waals surface area contributed by atoms with Crippen LogP contribution in [0.2, 0.25) is 0 Å². The number of hydrogen-bond acceptors (Lipinski definition) is 6. The highest BCUT2D eigenvalue weighted by molar-refractivity contribution is 6.02. The van der Waals surface area contributed by atoms with Crippen LogP contribution in [0.15, 0.2) is 12.1 Å². The van der Waals surface area contributed by atoms with Crippen molar-refractivity contribution in [2.24, 2.45) is 0 Å². The van der Waals surface area contributed by atoms with Gasteiger partial charge in [0.2, 0.25) is 11.8 Å². The van der Waals surface area contributed by atoms with Gasteiger partial charge >= 0.3 is 5.97 Å². The van der Waals surface area contributed by atoms with Crippen LogP contribution < -0.4 is 10.2 Å². The summed E-state index contributed by atoms with van der Waals surface area (Å²) in [5, 5.41) is 17.9. The number of nitrogens with zero attached hydrogens (tertiary/aromatic N) is 3. The lowest BCUT2D eigenvalue weighted by Gasteiger charge is -2.25. The lowest BCUT2D eigenvalue weighted by Crippen LogP contribution is -2.51. The van der Waals surface area contributed by atoms with E-state index in [1.54, 1.807) is 0 Å². The zero-order valence-corrected chi connectivity index (χ0v) is 8.58. The molecule has 0 saturated carbocycles. The van der Waals surface area contributed by atoms with Crippen molar-refractivity contribution in [1.29, 1.82) is 0 Å². The summed E-state index contributed by atoms with van der Waals surface area (Å²) >= 11 is 0. The molecule has 2 N–H and O–H groups in total. The summed E-state index contributed by atoms with van der Waals surface area (Å²) in [5.74, 6) is -1.74. The molecule has 0 bridgehead atoms. The predicted molar refractivity (Wildman–Crippen MR) is 54.4 cm³/mol. The van der Waals surface area contributed by atoms with Gasteiger partial charge in [-0.3, -0.25) is 14.9 Å². The van der Waals surface area contributed by atoms with Crippen molar-refractivity contribution in [3.05, 3.63) is 17.8 Å². The van der Waals surface area contributed by atoms with Crippen molar-refractivity contribution in [3.63, 3.8) is 0 Å². The third-order valence-electron chi connectivity index (χ3n) is 2.14. The molecule has 0 aromatic carbocycles. The van der Waals surface area contributed by atoms with E-state index in [4.69, 9.17) is 5.11 Å². The average molecular weight is 236 g/mol. The second kappa shape index (κ2) is 4.16. The van der Waals surface area contributed by atoms with Crippen LogP contribution >= 0.6 is 0 Å². The molecule has 0 radical (unpaired) electrons. The molecule has 2 heterocycles. The van der Waals surface area contributed by atoms with E-state index in [-0.39, 0.29) is 18.8 Å². The predicted octanol–water partition coefficient (Wildman–Crippen LogP) is -1.36. The normalized spacial score (nSPS) is 15.6. The van der Waals surface area contributed by atoms with Crippen molar-refractivity contribution in [2.75, 3.05) is 18.0 Å². The average Bonchev–Trinajstić information content (AvgIpc) is 2.28. The van der Waals surface area contributed by atoms with E-state index in [0.29, 0.717) is 5.82 Å². The highest BCUT2D eigenvalue weighted by Gasteiger charge is 2.23. The highest BCUT2D eigenvalue weighted by atomic mass is 16.4. The standard InChI is InChI=1S/C9H8N4O4/c14-7-3-13(4-8(15)10-7)6-2-1-5(9(16)17)11-12-6/h1-2H,3-4H2,(H,16,17)(H,10,14,15). The zero-order chi connectivity index (χ0) is 12.4. The Balaban J connectivity index is 2.19. The second-order valence-electron chi connectivity index (χ2n) is 3.41. The van der Waals surface area contributed by atoms with Crippen LogP contribution in [0.4, 0.5) is 5.82 Å². The van der Waals surface area contributed by atoms with Crippen LogP contribution in [0.5, 0.6) is 0 Å². The molecule has 1 fully saturated rings. The number of nitrogens with one attached hydrogen (secondary N) is 1. The molecule has 0 atom stereocenters. The summed E-state index contributed by atoms with van der Waals surface area (Å²) in [5.41, 5.74) is -0.193. The van der Waals surface area contributed by atoms with Gasteiger partial charge in [-0.25, -0.2) is 4.79 Å². The van der Waals surface area contributed by atoms with Gasteiger partial charge in [0.15, 0.2) is 11.5 Å². The Bertz CT molecular complexity index is 468. The summed E-state index contributed by atoms with van der Waals surface area (Å²) in [6.07, 6.45) is 0. The Morgan fingerprint density at radius 2 is 1.88 bits per heavy atom. The minimum absolute atomic E-state index is 0.00711. The van der Waals surface area contributed by atoms with Gasteiger partial charge in [0.05, 0.1) is 13.1 Å². The number of rotatable bonds is 2. The Hall–Kier alpha value is -2.51. The monoisotopic (exact) mass is 236 g/mol. The maximum absolute atomic E-state index is 11.1. The van der Waals surface area contributed by atoms with E-state index in [2.05, 4.69) is 15.5 Å². The summed E-state index contributed by atoms with van der Waals surface area (Å²) in [6.45, 7) is -0.0142. The fourth-order valence-electron chi connectivity index (χ4n) is 1.41. The van der Waals surface area contributed by atoms with Crippen molar-refractivity contribution in [3.8, 4) is 0 Å². The fourth-order valence-corrected chi connectivity index (χ4v) is 1.41. The number of anilines is 1. The van der Waals surface area contributed by atoms with Crippen LogP contribution in [0.3, 0.4) is 0 Å². The Morgan fingerprint density at radius 3 is 2.35 bits per heavy atom. The summed E-state index contributed by atoms with van der Waals surface area (Å²) in [6, 6.07) is 2.67. The number of aromatic nitrogens is 2. The number of carbonyl (C=O) groups is 3. The maximum Gasteiger partial charge on any atom is 0.356 e. The molecular formula is C9H8N4O4. The van der Waals surface area contributed by atoms with E-state index < -0.39 is 17.8 Å². The molecule has 1 aromatic rings. The van der Waals surface area contributed by atoms with Gasteiger partial charge in [0.25, 0.3) is 0 Å². The van der Waals surface area contributed by atoms with Gasteiger partial charge in [-0.2, -0.15) is 0 Å². The van der Waals surface area contributed by atoms with E-state index in [0.717, 1.165) is 0 Å². The quantitative estimate of drug-likeness (QED) is 0.609. The van der Waals surface area contributed by atoms with Crippen molar-refractivity contribution < 1.29 is 19.5 Å². The molecule has 1 aliphatic rings. The molecule has 0 spiro atoms. The van der Waals surface area contributed by atoms with E-state index in [9.17, 15) is 14.4 Å². The molecule has 0 unspecified atom stereocenters. The molecule has 88 valence electrons. The molecule has 1 saturated heterocycles. The fraction of sp³-hybridized carbons (Fsp3) is 0.222. The number of carboxylic acids is 1. The van der Waals surface area contributed by atoms with Gasteiger partial charge in [0.1, 0.15) is 0 Å². The zero-order valence-electron chi connectivity index (χ0n) is 8.58. The molecule has 1 aromatic heterocycles. The number of piperazine rings is 1. The van der Waals surface area contributed by atoms with Gasteiger partial charge < -0.3 is 10.0 Å².